The molecule has 2 aliphatic rings. The highest BCUT2D eigenvalue weighted by atomic mass is 32.1. The molecule has 0 aliphatic heterocycles. The molecule has 4 heterocycles. The second-order valence-corrected chi connectivity index (χ2v) is 16.4. The van der Waals surface area contributed by atoms with Crippen LogP contribution in [0.3, 0.4) is 0 Å². The summed E-state index contributed by atoms with van der Waals surface area (Å²) in [6.07, 6.45) is 4.16. The van der Waals surface area contributed by atoms with Gasteiger partial charge in [0.25, 0.3) is 0 Å². The van der Waals surface area contributed by atoms with E-state index >= 15 is 0 Å². The van der Waals surface area contributed by atoms with E-state index in [2.05, 4.69) is 203 Å². The molecule has 11 aromatic rings. The molecule has 0 saturated carbocycles. The Morgan fingerprint density at radius 1 is 0.373 bits per heavy atom. The third kappa shape index (κ3) is 4.66. The van der Waals surface area contributed by atoms with Crippen LogP contribution < -0.4 is 0 Å². The Labute approximate surface area is 345 Å². The zero-order chi connectivity index (χ0) is 38.6. The summed E-state index contributed by atoms with van der Waals surface area (Å²) in [6, 6.07) is 67.1. The number of hydrogen-bond acceptors (Lipinski definition) is 2. The van der Waals surface area contributed by atoms with Gasteiger partial charge in [0.15, 0.2) is 0 Å². The summed E-state index contributed by atoms with van der Waals surface area (Å²) < 4.78 is 4.82. The second kappa shape index (κ2) is 12.5. The Hall–Kier alpha value is -7.53. The number of pyridine rings is 1. The number of thiophene rings is 1. The predicted molar refractivity (Wildman–Crippen MR) is 246 cm³/mol. The van der Waals surface area contributed by atoms with Gasteiger partial charge in [0.2, 0.25) is 0 Å². The van der Waals surface area contributed by atoms with Crippen molar-refractivity contribution in [1.29, 1.82) is 0 Å². The summed E-state index contributed by atoms with van der Waals surface area (Å²) in [4.78, 5) is 6.23. The fourth-order valence-electron chi connectivity index (χ4n) is 9.94. The van der Waals surface area contributed by atoms with Crippen molar-refractivity contribution in [3.8, 4) is 100.0 Å². The van der Waals surface area contributed by atoms with Crippen LogP contribution in [0.5, 0.6) is 0 Å². The van der Waals surface area contributed by atoms with Crippen molar-refractivity contribution in [2.45, 2.75) is 0 Å². The van der Waals surface area contributed by atoms with Crippen LogP contribution in [-0.2, 0) is 0 Å². The van der Waals surface area contributed by atoms with Gasteiger partial charge in [-0.2, -0.15) is 0 Å². The first-order valence-electron chi connectivity index (χ1n) is 20.1. The fraction of sp³-hybridized carbons (Fsp3) is 0. The number of benzene rings is 7. The highest BCUT2D eigenvalue weighted by Crippen LogP contribution is 2.52. The first-order valence-corrected chi connectivity index (χ1v) is 21.0. The van der Waals surface area contributed by atoms with E-state index in [0.717, 1.165) is 22.6 Å². The van der Waals surface area contributed by atoms with Crippen LogP contribution in [0.4, 0.5) is 0 Å². The molecule has 0 bridgehead atoms. The number of aromatic nitrogens is 3. The molecule has 0 amide bonds. The number of fused-ring (bicyclic) bond motifs is 19. The molecule has 4 aromatic heterocycles. The molecule has 59 heavy (non-hydrogen) atoms. The van der Waals surface area contributed by atoms with Gasteiger partial charge in [-0.3, -0.25) is 4.98 Å². The quantitative estimate of drug-likeness (QED) is 0.172. The summed E-state index contributed by atoms with van der Waals surface area (Å²) >= 11 is 1.79. The van der Waals surface area contributed by atoms with Crippen LogP contribution in [0.25, 0.3) is 122 Å². The standard InChI is InChI=1S/C55H33N3S/c1-3-14-38-36(12-1)37-13-2-4-15-39(37)50-33-35(58-51-21-9-7-16-42(51)43-17-8-10-22-52(43)58)24-26-41(50)40-25-23-34(32-49(38)40)57-30-27-46-44-20-11-29-56-53(44)48-28-31-59-55(48)47-19-6-5-18-45(47)54(46)57/h1-33H. The van der Waals surface area contributed by atoms with Gasteiger partial charge in [-0.25, -0.2) is 0 Å². The summed E-state index contributed by atoms with van der Waals surface area (Å²) in [5.41, 5.74) is 22.6. The molecule has 2 aliphatic carbocycles. The molecule has 274 valence electrons. The Balaban J connectivity index is 1.07. The van der Waals surface area contributed by atoms with Crippen molar-refractivity contribution in [3.63, 3.8) is 0 Å². The molecular weight excluding hydrogens is 735 g/mol. The van der Waals surface area contributed by atoms with E-state index in [1.165, 1.54) is 99.1 Å². The summed E-state index contributed by atoms with van der Waals surface area (Å²) in [5.74, 6) is 0. The molecule has 0 fully saturated rings. The van der Waals surface area contributed by atoms with Gasteiger partial charge >= 0.3 is 0 Å². The molecule has 0 spiro atoms. The van der Waals surface area contributed by atoms with E-state index in [-0.39, 0.29) is 0 Å². The smallest absolute Gasteiger partial charge is 0.0795 e. The van der Waals surface area contributed by atoms with E-state index in [1.54, 1.807) is 11.3 Å². The molecule has 0 atom stereocenters. The van der Waals surface area contributed by atoms with Crippen LogP contribution in [0, 0.1) is 0 Å². The zero-order valence-electron chi connectivity index (χ0n) is 31.8. The zero-order valence-corrected chi connectivity index (χ0v) is 32.6. The average Bonchev–Trinajstić information content (AvgIpc) is 4.04. The molecule has 0 unspecified atom stereocenters. The predicted octanol–water partition coefficient (Wildman–Crippen LogP) is 15.0. The molecule has 13 rings (SSSR count). The number of nitrogens with zero attached hydrogens (tertiary/aromatic N) is 3. The lowest BCUT2D eigenvalue weighted by molar-refractivity contribution is 1.09. The van der Waals surface area contributed by atoms with Gasteiger partial charge in [-0.1, -0.05) is 127 Å². The molecular formula is C55H33N3S. The molecule has 0 N–H and O–H groups in total. The summed E-state index contributed by atoms with van der Waals surface area (Å²) in [5, 5.41) is 4.72. The first kappa shape index (κ1) is 32.5. The van der Waals surface area contributed by atoms with Crippen LogP contribution in [-0.4, -0.2) is 14.1 Å². The molecule has 0 radical (unpaired) electrons. The highest BCUT2D eigenvalue weighted by molar-refractivity contribution is 7.14. The maximum absolute atomic E-state index is 4.98. The average molecular weight is 768 g/mol. The Morgan fingerprint density at radius 2 is 0.898 bits per heavy atom. The van der Waals surface area contributed by atoms with Crippen molar-refractivity contribution in [2.24, 2.45) is 0 Å². The van der Waals surface area contributed by atoms with Crippen LogP contribution in [0.15, 0.2) is 200 Å². The number of rotatable bonds is 2. The summed E-state index contributed by atoms with van der Waals surface area (Å²) in [6.45, 7) is 0. The maximum atomic E-state index is 4.98. The lowest BCUT2D eigenvalue weighted by atomic mass is 9.80. The number of para-hydroxylation sites is 2. The second-order valence-electron chi connectivity index (χ2n) is 15.5. The van der Waals surface area contributed by atoms with Gasteiger partial charge in [-0.05, 0) is 104 Å². The van der Waals surface area contributed by atoms with Crippen molar-refractivity contribution in [1.82, 2.24) is 14.1 Å². The van der Waals surface area contributed by atoms with Gasteiger partial charge in [0.1, 0.15) is 0 Å². The van der Waals surface area contributed by atoms with Gasteiger partial charge < -0.3 is 9.13 Å². The van der Waals surface area contributed by atoms with Crippen LogP contribution >= 0.6 is 11.3 Å². The highest BCUT2D eigenvalue weighted by Gasteiger charge is 2.28. The SMILES string of the molecule is c1ccc2c(c1)-c1ccccc1-c1cc(-n3c4ccccc4c4ccccc43)ccc1-c1ccc(-n3ccc4c3-c3ccccc3-c3sccc3-c3ncccc3-4)cc1-2. The third-order valence-electron chi connectivity index (χ3n) is 12.5. The lowest BCUT2D eigenvalue weighted by Crippen LogP contribution is -2.03. The van der Waals surface area contributed by atoms with Crippen molar-refractivity contribution in [2.75, 3.05) is 0 Å². The first-order chi connectivity index (χ1) is 29.3. The maximum Gasteiger partial charge on any atom is 0.0795 e. The summed E-state index contributed by atoms with van der Waals surface area (Å²) in [7, 11) is 0. The Morgan fingerprint density at radius 3 is 1.58 bits per heavy atom. The van der Waals surface area contributed by atoms with Crippen molar-refractivity contribution in [3.05, 3.63) is 200 Å². The Kier molecular flexibility index (Phi) is 6.89. The minimum absolute atomic E-state index is 1.03. The van der Waals surface area contributed by atoms with E-state index in [1.807, 2.05) is 6.20 Å². The Bertz CT molecular complexity index is 3460. The minimum atomic E-state index is 1.03. The van der Waals surface area contributed by atoms with Gasteiger partial charge in [0.05, 0.1) is 22.4 Å². The van der Waals surface area contributed by atoms with Crippen LogP contribution in [0.2, 0.25) is 0 Å². The minimum Gasteiger partial charge on any atom is -0.316 e. The monoisotopic (exact) mass is 767 g/mol. The van der Waals surface area contributed by atoms with Gasteiger partial charge in [-0.15, -0.1) is 11.3 Å². The normalized spacial score (nSPS) is 12.1. The van der Waals surface area contributed by atoms with Crippen LogP contribution in [0.1, 0.15) is 0 Å². The fourth-order valence-corrected chi connectivity index (χ4v) is 10.9. The van der Waals surface area contributed by atoms with E-state index in [0.29, 0.717) is 0 Å². The van der Waals surface area contributed by atoms with E-state index < -0.39 is 0 Å². The molecule has 4 heteroatoms. The van der Waals surface area contributed by atoms with E-state index in [9.17, 15) is 0 Å². The largest absolute Gasteiger partial charge is 0.316 e. The third-order valence-corrected chi connectivity index (χ3v) is 13.4. The number of hydrogen-bond donors (Lipinski definition) is 0. The van der Waals surface area contributed by atoms with Gasteiger partial charge in [0, 0.05) is 67.2 Å². The molecule has 0 saturated heterocycles. The van der Waals surface area contributed by atoms with E-state index in [4.69, 9.17) is 4.98 Å². The van der Waals surface area contributed by atoms with Crippen molar-refractivity contribution >= 4 is 33.1 Å². The molecule has 7 aromatic carbocycles. The topological polar surface area (TPSA) is 22.8 Å². The lowest BCUT2D eigenvalue weighted by Gasteiger charge is -2.25. The van der Waals surface area contributed by atoms with Crippen molar-refractivity contribution < 1.29 is 0 Å². The molecule has 3 nitrogen and oxygen atoms in total.